The number of carbonyl (C=O) groups excluding carboxylic acids is 2. The molecular formula is C18H18FNO3. The van der Waals surface area contributed by atoms with Crippen molar-refractivity contribution < 1.29 is 18.7 Å². The summed E-state index contributed by atoms with van der Waals surface area (Å²) >= 11 is 0. The van der Waals surface area contributed by atoms with Gasteiger partial charge in [-0.15, -0.1) is 0 Å². The second-order valence-corrected chi connectivity index (χ2v) is 4.99. The number of hydrogen-bond acceptors (Lipinski definition) is 3. The maximum Gasteiger partial charge on any atom is 0.310 e. The molecule has 1 N–H and O–H groups in total. The molecule has 0 bridgehead atoms. The Labute approximate surface area is 134 Å². The zero-order valence-electron chi connectivity index (χ0n) is 12.8. The molecule has 2 rings (SSSR count). The van der Waals surface area contributed by atoms with Crippen molar-refractivity contribution >= 4 is 17.6 Å². The largest absolute Gasteiger partial charge is 0.455 e. The Morgan fingerprint density at radius 1 is 1.04 bits per heavy atom. The molecule has 2 aromatic carbocycles. The maximum absolute atomic E-state index is 13.4. The second-order valence-electron chi connectivity index (χ2n) is 4.99. The lowest BCUT2D eigenvalue weighted by Crippen LogP contribution is -2.22. The zero-order chi connectivity index (χ0) is 16.7. The summed E-state index contributed by atoms with van der Waals surface area (Å²) in [7, 11) is 0. The predicted molar refractivity (Wildman–Crippen MR) is 85.5 cm³/mol. The van der Waals surface area contributed by atoms with Gasteiger partial charge in [0.05, 0.1) is 6.42 Å². The number of halogens is 1. The molecular weight excluding hydrogens is 297 g/mol. The van der Waals surface area contributed by atoms with Gasteiger partial charge in [-0.1, -0.05) is 43.3 Å². The van der Waals surface area contributed by atoms with Crippen LogP contribution >= 0.6 is 0 Å². The van der Waals surface area contributed by atoms with Gasteiger partial charge >= 0.3 is 5.97 Å². The molecule has 0 atom stereocenters. The first-order valence-electron chi connectivity index (χ1n) is 7.37. The summed E-state index contributed by atoms with van der Waals surface area (Å²) in [6.07, 6.45) is 0.578. The van der Waals surface area contributed by atoms with Crippen molar-refractivity contribution in [3.05, 3.63) is 65.5 Å². The first-order chi connectivity index (χ1) is 11.1. The van der Waals surface area contributed by atoms with E-state index >= 15 is 0 Å². The van der Waals surface area contributed by atoms with Crippen LogP contribution in [0.2, 0.25) is 0 Å². The Kier molecular flexibility index (Phi) is 5.86. The summed E-state index contributed by atoms with van der Waals surface area (Å²) in [5.74, 6) is -1.53. The van der Waals surface area contributed by atoms with Gasteiger partial charge in [-0.05, 0) is 29.7 Å². The molecule has 0 saturated heterocycles. The fourth-order valence-corrected chi connectivity index (χ4v) is 2.13. The lowest BCUT2D eigenvalue weighted by atomic mass is 10.1. The number of esters is 1. The molecule has 2 aromatic rings. The Hall–Kier alpha value is -2.69. The molecule has 1 amide bonds. The standard InChI is InChI=1S/C18H18FNO3/c1-2-13-7-4-6-10-16(13)20-17(21)12-23-18(22)11-14-8-3-5-9-15(14)19/h3-10H,2,11-12H2,1H3,(H,20,21). The van der Waals surface area contributed by atoms with Crippen LogP contribution in [0.1, 0.15) is 18.1 Å². The van der Waals surface area contributed by atoms with Gasteiger partial charge in [-0.3, -0.25) is 9.59 Å². The second kappa shape index (κ2) is 8.08. The normalized spacial score (nSPS) is 10.2. The van der Waals surface area contributed by atoms with Crippen LogP contribution in [0, 0.1) is 5.82 Å². The lowest BCUT2D eigenvalue weighted by molar-refractivity contribution is -0.146. The maximum atomic E-state index is 13.4. The lowest BCUT2D eigenvalue weighted by Gasteiger charge is -2.10. The number of anilines is 1. The molecule has 0 unspecified atom stereocenters. The van der Waals surface area contributed by atoms with Crippen molar-refractivity contribution in [1.82, 2.24) is 0 Å². The van der Waals surface area contributed by atoms with Crippen LogP contribution < -0.4 is 5.32 Å². The number of amides is 1. The van der Waals surface area contributed by atoms with Crippen LogP contribution in [0.15, 0.2) is 48.5 Å². The van der Waals surface area contributed by atoms with E-state index in [2.05, 4.69) is 5.32 Å². The van der Waals surface area contributed by atoms with Gasteiger partial charge in [0.25, 0.3) is 5.91 Å². The van der Waals surface area contributed by atoms with Gasteiger partial charge in [-0.2, -0.15) is 0 Å². The molecule has 23 heavy (non-hydrogen) atoms. The van der Waals surface area contributed by atoms with E-state index in [0.717, 1.165) is 12.0 Å². The highest BCUT2D eigenvalue weighted by molar-refractivity contribution is 5.93. The molecule has 0 aliphatic rings. The van der Waals surface area contributed by atoms with Gasteiger partial charge < -0.3 is 10.1 Å². The molecule has 0 saturated carbocycles. The Morgan fingerprint density at radius 2 is 1.70 bits per heavy atom. The molecule has 0 radical (unpaired) electrons. The summed E-state index contributed by atoms with van der Waals surface area (Å²) in [6.45, 7) is 1.59. The molecule has 0 aromatic heterocycles. The Balaban J connectivity index is 1.84. The van der Waals surface area contributed by atoms with E-state index in [1.54, 1.807) is 18.2 Å². The van der Waals surface area contributed by atoms with Crippen LogP contribution in [0.3, 0.4) is 0 Å². The minimum Gasteiger partial charge on any atom is -0.455 e. The Bertz CT molecular complexity index is 700. The van der Waals surface area contributed by atoms with Gasteiger partial charge in [0.15, 0.2) is 6.61 Å². The van der Waals surface area contributed by atoms with E-state index in [4.69, 9.17) is 4.74 Å². The number of hydrogen-bond donors (Lipinski definition) is 1. The van der Waals surface area contributed by atoms with Gasteiger partial charge in [-0.25, -0.2) is 4.39 Å². The summed E-state index contributed by atoms with van der Waals surface area (Å²) in [4.78, 5) is 23.5. The van der Waals surface area contributed by atoms with E-state index in [0.29, 0.717) is 5.69 Å². The molecule has 0 fully saturated rings. The monoisotopic (exact) mass is 315 g/mol. The number of aryl methyl sites for hydroxylation is 1. The molecule has 0 heterocycles. The highest BCUT2D eigenvalue weighted by Crippen LogP contribution is 2.15. The number of carbonyl (C=O) groups is 2. The van der Waals surface area contributed by atoms with E-state index < -0.39 is 24.3 Å². The summed E-state index contributed by atoms with van der Waals surface area (Å²) in [6, 6.07) is 13.4. The minimum absolute atomic E-state index is 0.203. The predicted octanol–water partition coefficient (Wildman–Crippen LogP) is 3.11. The average Bonchev–Trinajstić information content (AvgIpc) is 2.55. The molecule has 4 nitrogen and oxygen atoms in total. The van der Waals surface area contributed by atoms with Gasteiger partial charge in [0.1, 0.15) is 5.82 Å². The van der Waals surface area contributed by atoms with Crippen molar-refractivity contribution in [3.8, 4) is 0 Å². The number of ether oxygens (including phenoxy) is 1. The highest BCUT2D eigenvalue weighted by Gasteiger charge is 2.12. The van der Waals surface area contributed by atoms with E-state index in [9.17, 15) is 14.0 Å². The van der Waals surface area contributed by atoms with Crippen molar-refractivity contribution in [1.29, 1.82) is 0 Å². The molecule has 0 aliphatic heterocycles. The van der Waals surface area contributed by atoms with E-state index in [1.807, 2.05) is 25.1 Å². The minimum atomic E-state index is -0.644. The number of nitrogens with one attached hydrogen (secondary N) is 1. The molecule has 120 valence electrons. The molecule has 5 heteroatoms. The van der Waals surface area contributed by atoms with Crippen LogP contribution in [-0.2, 0) is 27.2 Å². The molecule has 0 spiro atoms. The van der Waals surface area contributed by atoms with Crippen LogP contribution in [0.5, 0.6) is 0 Å². The number of rotatable bonds is 6. The zero-order valence-corrected chi connectivity index (χ0v) is 12.8. The quantitative estimate of drug-likeness (QED) is 0.833. The topological polar surface area (TPSA) is 55.4 Å². The molecule has 0 aliphatic carbocycles. The van der Waals surface area contributed by atoms with Crippen molar-refractivity contribution in [2.24, 2.45) is 0 Å². The van der Waals surface area contributed by atoms with E-state index in [-0.39, 0.29) is 12.0 Å². The number of benzene rings is 2. The SMILES string of the molecule is CCc1ccccc1NC(=O)COC(=O)Cc1ccccc1F. The Morgan fingerprint density at radius 3 is 2.39 bits per heavy atom. The smallest absolute Gasteiger partial charge is 0.310 e. The summed E-state index contributed by atoms with van der Waals surface area (Å²) < 4.78 is 18.3. The highest BCUT2D eigenvalue weighted by atomic mass is 19.1. The number of para-hydroxylation sites is 1. The fourth-order valence-electron chi connectivity index (χ4n) is 2.13. The average molecular weight is 315 g/mol. The van der Waals surface area contributed by atoms with Gasteiger partial charge in [0.2, 0.25) is 0 Å². The van der Waals surface area contributed by atoms with Crippen LogP contribution in [0.25, 0.3) is 0 Å². The van der Waals surface area contributed by atoms with Crippen molar-refractivity contribution in [2.75, 3.05) is 11.9 Å². The van der Waals surface area contributed by atoms with Crippen molar-refractivity contribution in [2.45, 2.75) is 19.8 Å². The van der Waals surface area contributed by atoms with E-state index in [1.165, 1.54) is 12.1 Å². The van der Waals surface area contributed by atoms with Crippen LogP contribution in [-0.4, -0.2) is 18.5 Å². The van der Waals surface area contributed by atoms with Crippen molar-refractivity contribution in [3.63, 3.8) is 0 Å². The summed E-state index contributed by atoms with van der Waals surface area (Å²) in [5, 5.41) is 2.70. The first kappa shape index (κ1) is 16.7. The fraction of sp³-hybridized carbons (Fsp3) is 0.222. The summed E-state index contributed by atoms with van der Waals surface area (Å²) in [5.41, 5.74) is 1.94. The van der Waals surface area contributed by atoms with Gasteiger partial charge in [0, 0.05) is 5.69 Å². The third-order valence-electron chi connectivity index (χ3n) is 3.33. The van der Waals surface area contributed by atoms with Crippen LogP contribution in [0.4, 0.5) is 10.1 Å². The third kappa shape index (κ3) is 4.92. The first-order valence-corrected chi connectivity index (χ1v) is 7.37. The third-order valence-corrected chi connectivity index (χ3v) is 3.33.